The van der Waals surface area contributed by atoms with Gasteiger partial charge in [0.15, 0.2) is 0 Å². The van der Waals surface area contributed by atoms with Crippen molar-refractivity contribution in [1.82, 2.24) is 0 Å². The number of hydrogen-bond acceptors (Lipinski definition) is 2. The van der Waals surface area contributed by atoms with E-state index >= 15 is 0 Å². The maximum absolute atomic E-state index is 13.2. The van der Waals surface area contributed by atoms with Gasteiger partial charge in [-0.15, -0.1) is 11.3 Å². The molecule has 1 aromatic carbocycles. The summed E-state index contributed by atoms with van der Waals surface area (Å²) in [6.45, 7) is 0. The maximum Gasteiger partial charge on any atom is 0.124 e. The third-order valence-corrected chi connectivity index (χ3v) is 6.16. The summed E-state index contributed by atoms with van der Waals surface area (Å²) in [4.78, 5) is 0.842. The van der Waals surface area contributed by atoms with E-state index < -0.39 is 6.10 Å². The van der Waals surface area contributed by atoms with Gasteiger partial charge in [0.2, 0.25) is 0 Å². The molecule has 18 heavy (non-hydrogen) atoms. The van der Waals surface area contributed by atoms with Crippen molar-refractivity contribution in [2.75, 3.05) is 0 Å². The van der Waals surface area contributed by atoms with Crippen LogP contribution >= 0.6 is 59.1 Å². The van der Waals surface area contributed by atoms with Crippen LogP contribution in [0.5, 0.6) is 0 Å². The molecule has 0 aliphatic heterocycles. The van der Waals surface area contributed by atoms with E-state index in [0.717, 1.165) is 18.7 Å². The first kappa shape index (κ1) is 14.7. The smallest absolute Gasteiger partial charge is 0.124 e. The van der Waals surface area contributed by atoms with Crippen molar-refractivity contribution in [3.8, 4) is 0 Å². The van der Waals surface area contributed by atoms with E-state index in [9.17, 15) is 9.50 Å². The minimum Gasteiger partial charge on any atom is -0.387 e. The summed E-state index contributed by atoms with van der Waals surface area (Å²) in [5.41, 5.74) is 0.759. The van der Waals surface area contributed by atoms with Crippen LogP contribution < -0.4 is 0 Å². The molecule has 1 unspecified atom stereocenters. The van der Waals surface area contributed by atoms with Crippen LogP contribution in [0.15, 0.2) is 37.0 Å². The molecule has 1 heterocycles. The van der Waals surface area contributed by atoms with E-state index in [-0.39, 0.29) is 5.82 Å². The Morgan fingerprint density at radius 3 is 2.44 bits per heavy atom. The van der Waals surface area contributed by atoms with Crippen LogP contribution in [-0.4, -0.2) is 5.11 Å². The summed E-state index contributed by atoms with van der Waals surface area (Å²) in [6, 6.07) is 6.51. The molecule has 0 saturated heterocycles. The molecule has 0 amide bonds. The van der Waals surface area contributed by atoms with E-state index in [1.807, 2.05) is 12.1 Å². The molecule has 96 valence electrons. The second-order valence-corrected chi connectivity index (χ2v) is 7.94. The molecule has 6 heteroatoms. The topological polar surface area (TPSA) is 20.2 Å². The Hall–Kier alpha value is 0.250. The lowest BCUT2D eigenvalue weighted by atomic mass is 10.1. The Labute approximate surface area is 133 Å². The summed E-state index contributed by atoms with van der Waals surface area (Å²) < 4.78 is 15.8. The minimum atomic E-state index is -0.633. The molecule has 0 radical (unpaired) electrons. The van der Waals surface area contributed by atoms with Crippen molar-refractivity contribution in [1.29, 1.82) is 0 Å². The highest BCUT2D eigenvalue weighted by Gasteiger charge is 2.14. The van der Waals surface area contributed by atoms with E-state index in [1.165, 1.54) is 23.5 Å². The fraction of sp³-hybridized carbons (Fsp3) is 0.167. The van der Waals surface area contributed by atoms with Gasteiger partial charge in [-0.25, -0.2) is 4.39 Å². The molecule has 0 aliphatic rings. The SMILES string of the molecule is OC(Cc1cc(F)cc(Br)c1)c1cc(Br)c(Br)s1. The monoisotopic (exact) mass is 456 g/mol. The molecule has 2 aromatic rings. The van der Waals surface area contributed by atoms with Gasteiger partial charge in [-0.3, -0.25) is 0 Å². The number of hydrogen-bond donors (Lipinski definition) is 1. The lowest BCUT2D eigenvalue weighted by Gasteiger charge is -2.09. The van der Waals surface area contributed by atoms with Gasteiger partial charge in [0.25, 0.3) is 0 Å². The Morgan fingerprint density at radius 2 is 1.89 bits per heavy atom. The van der Waals surface area contributed by atoms with Crippen LogP contribution in [0.3, 0.4) is 0 Å². The van der Waals surface area contributed by atoms with Crippen LogP contribution in [0.25, 0.3) is 0 Å². The lowest BCUT2D eigenvalue weighted by Crippen LogP contribution is -2.00. The lowest BCUT2D eigenvalue weighted by molar-refractivity contribution is 0.182. The molecule has 1 atom stereocenters. The molecule has 0 spiro atoms. The van der Waals surface area contributed by atoms with Gasteiger partial charge < -0.3 is 5.11 Å². The van der Waals surface area contributed by atoms with E-state index in [4.69, 9.17) is 0 Å². The van der Waals surface area contributed by atoms with Crippen LogP contribution in [0.1, 0.15) is 16.5 Å². The zero-order chi connectivity index (χ0) is 13.3. The standard InChI is InChI=1S/C12H8Br3FOS/c13-7-1-6(2-8(16)4-7)3-10(17)11-5-9(14)12(15)18-11/h1-2,4-5,10,17H,3H2. The van der Waals surface area contributed by atoms with Crippen molar-refractivity contribution >= 4 is 59.1 Å². The van der Waals surface area contributed by atoms with Gasteiger partial charge >= 0.3 is 0 Å². The molecule has 0 aliphatic carbocycles. The van der Waals surface area contributed by atoms with Gasteiger partial charge in [-0.05, 0) is 61.7 Å². The van der Waals surface area contributed by atoms with Gasteiger partial charge in [0.1, 0.15) is 5.82 Å². The second kappa shape index (κ2) is 6.13. The first-order valence-corrected chi connectivity index (χ1v) is 8.23. The second-order valence-electron chi connectivity index (χ2n) is 3.77. The first-order chi connectivity index (χ1) is 8.45. The molecular formula is C12H8Br3FOS. The summed E-state index contributed by atoms with van der Waals surface area (Å²) in [6.07, 6.45) is -0.248. The number of thiophene rings is 1. The average molecular weight is 459 g/mol. The number of aliphatic hydroxyl groups excluding tert-OH is 1. The van der Waals surface area contributed by atoms with Gasteiger partial charge in [0, 0.05) is 20.2 Å². The van der Waals surface area contributed by atoms with Crippen molar-refractivity contribution < 1.29 is 9.50 Å². The van der Waals surface area contributed by atoms with Gasteiger partial charge in [-0.1, -0.05) is 15.9 Å². The quantitative estimate of drug-likeness (QED) is 0.648. The molecule has 0 fully saturated rings. The Morgan fingerprint density at radius 1 is 1.17 bits per heavy atom. The van der Waals surface area contributed by atoms with E-state index in [1.54, 1.807) is 0 Å². The maximum atomic E-state index is 13.2. The van der Waals surface area contributed by atoms with Gasteiger partial charge in [0.05, 0.1) is 9.89 Å². The molecule has 0 saturated carbocycles. The van der Waals surface area contributed by atoms with E-state index in [0.29, 0.717) is 10.9 Å². The third kappa shape index (κ3) is 3.63. The number of benzene rings is 1. The van der Waals surface area contributed by atoms with E-state index in [2.05, 4.69) is 47.8 Å². The van der Waals surface area contributed by atoms with Crippen LogP contribution in [0.4, 0.5) is 4.39 Å². The van der Waals surface area contributed by atoms with Crippen molar-refractivity contribution in [2.45, 2.75) is 12.5 Å². The highest BCUT2D eigenvalue weighted by molar-refractivity contribution is 9.13. The Kier molecular flexibility index (Phi) is 4.99. The Bertz CT molecular complexity index is 531. The highest BCUT2D eigenvalue weighted by Crippen LogP contribution is 2.36. The zero-order valence-electron chi connectivity index (χ0n) is 8.96. The molecule has 2 rings (SSSR count). The molecule has 0 bridgehead atoms. The number of rotatable bonds is 3. The molecule has 1 N–H and O–H groups in total. The van der Waals surface area contributed by atoms with Crippen LogP contribution in [-0.2, 0) is 6.42 Å². The fourth-order valence-corrected chi connectivity index (χ4v) is 4.17. The van der Waals surface area contributed by atoms with Crippen LogP contribution in [0, 0.1) is 5.82 Å². The summed E-state index contributed by atoms with van der Waals surface area (Å²) in [5.74, 6) is -0.305. The predicted molar refractivity (Wildman–Crippen MR) is 82.5 cm³/mol. The van der Waals surface area contributed by atoms with Gasteiger partial charge in [-0.2, -0.15) is 0 Å². The number of halogens is 4. The predicted octanol–water partition coefficient (Wildman–Crippen LogP) is 5.45. The Balaban J connectivity index is 2.18. The summed E-state index contributed by atoms with van der Waals surface area (Å²) in [7, 11) is 0. The minimum absolute atomic E-state index is 0.305. The first-order valence-electron chi connectivity index (χ1n) is 5.03. The average Bonchev–Trinajstić information content (AvgIpc) is 2.57. The molecular weight excluding hydrogens is 451 g/mol. The largest absolute Gasteiger partial charge is 0.387 e. The van der Waals surface area contributed by atoms with Crippen molar-refractivity contribution in [2.24, 2.45) is 0 Å². The molecule has 1 aromatic heterocycles. The van der Waals surface area contributed by atoms with Crippen LogP contribution in [0.2, 0.25) is 0 Å². The number of aliphatic hydroxyl groups is 1. The zero-order valence-corrected chi connectivity index (χ0v) is 14.5. The highest BCUT2D eigenvalue weighted by atomic mass is 79.9. The van der Waals surface area contributed by atoms with Crippen molar-refractivity contribution in [3.63, 3.8) is 0 Å². The normalized spacial score (nSPS) is 12.7. The fourth-order valence-electron chi connectivity index (χ4n) is 1.58. The summed E-state index contributed by atoms with van der Waals surface area (Å²) in [5, 5.41) is 10.1. The third-order valence-electron chi connectivity index (χ3n) is 2.34. The summed E-state index contributed by atoms with van der Waals surface area (Å²) >= 11 is 11.5. The van der Waals surface area contributed by atoms with Crippen molar-refractivity contribution in [3.05, 3.63) is 53.3 Å². The molecule has 1 nitrogen and oxygen atoms in total.